The molecule has 0 aliphatic heterocycles. The number of nitrogens with two attached hydrogens (primary N) is 1. The molecule has 0 radical (unpaired) electrons. The predicted octanol–water partition coefficient (Wildman–Crippen LogP) is 1.70. The number of methoxy groups -OCH3 is 3. The molecule has 2 unspecified atom stereocenters. The van der Waals surface area contributed by atoms with Gasteiger partial charge in [-0.2, -0.15) is 0 Å². The largest absolute Gasteiger partial charge is 0.497 e. The highest BCUT2D eigenvalue weighted by atomic mass is 16.5. The molecule has 106 valence electrons. The number of carbonyl (C=O) groups is 1. The van der Waals surface area contributed by atoms with Crippen LogP contribution in [0.15, 0.2) is 18.2 Å². The van der Waals surface area contributed by atoms with Crippen molar-refractivity contribution in [3.63, 3.8) is 0 Å². The molecule has 1 rings (SSSR count). The van der Waals surface area contributed by atoms with Gasteiger partial charge in [-0.3, -0.25) is 4.79 Å². The molecule has 1 aromatic carbocycles. The second-order valence-corrected chi connectivity index (χ2v) is 4.35. The molecular formula is C14H21NO4. The van der Waals surface area contributed by atoms with Crippen molar-refractivity contribution < 1.29 is 19.0 Å². The Bertz CT molecular complexity index is 431. The van der Waals surface area contributed by atoms with Gasteiger partial charge in [-0.1, -0.05) is 6.07 Å². The summed E-state index contributed by atoms with van der Waals surface area (Å²) >= 11 is 0. The Morgan fingerprint density at radius 1 is 1.26 bits per heavy atom. The summed E-state index contributed by atoms with van der Waals surface area (Å²) in [7, 11) is 4.53. The summed E-state index contributed by atoms with van der Waals surface area (Å²) in [5.74, 6) is 0.904. The molecule has 1 aromatic rings. The molecule has 5 nitrogen and oxygen atoms in total. The predicted molar refractivity (Wildman–Crippen MR) is 72.6 cm³/mol. The maximum Gasteiger partial charge on any atom is 0.306 e. The Balaban J connectivity index is 3.11. The van der Waals surface area contributed by atoms with Crippen molar-refractivity contribution in [2.45, 2.75) is 25.3 Å². The molecule has 0 saturated heterocycles. The SMILES string of the molecule is COC(=O)CC(c1ccc(OC)cc1OC)C(C)N. The van der Waals surface area contributed by atoms with Crippen LogP contribution in [0.5, 0.6) is 11.5 Å². The van der Waals surface area contributed by atoms with E-state index in [1.165, 1.54) is 7.11 Å². The molecule has 0 bridgehead atoms. The van der Waals surface area contributed by atoms with Crippen molar-refractivity contribution >= 4 is 5.97 Å². The van der Waals surface area contributed by atoms with Crippen molar-refractivity contribution in [2.24, 2.45) is 5.73 Å². The number of benzene rings is 1. The molecule has 19 heavy (non-hydrogen) atoms. The maximum absolute atomic E-state index is 11.5. The van der Waals surface area contributed by atoms with Crippen molar-refractivity contribution in [1.82, 2.24) is 0 Å². The molecule has 0 fully saturated rings. The van der Waals surface area contributed by atoms with E-state index in [9.17, 15) is 4.79 Å². The van der Waals surface area contributed by atoms with Gasteiger partial charge in [0.15, 0.2) is 0 Å². The lowest BCUT2D eigenvalue weighted by atomic mass is 9.89. The van der Waals surface area contributed by atoms with E-state index in [1.54, 1.807) is 20.3 Å². The van der Waals surface area contributed by atoms with Gasteiger partial charge < -0.3 is 19.9 Å². The number of esters is 1. The molecule has 0 aliphatic rings. The van der Waals surface area contributed by atoms with Crippen molar-refractivity contribution in [3.05, 3.63) is 23.8 Å². The van der Waals surface area contributed by atoms with Crippen LogP contribution in [0.2, 0.25) is 0 Å². The zero-order valence-electron chi connectivity index (χ0n) is 11.8. The minimum absolute atomic E-state index is 0.159. The Morgan fingerprint density at radius 3 is 2.42 bits per heavy atom. The average Bonchev–Trinajstić information content (AvgIpc) is 2.43. The fourth-order valence-electron chi connectivity index (χ4n) is 1.97. The molecule has 0 amide bonds. The summed E-state index contributed by atoms with van der Waals surface area (Å²) < 4.78 is 15.2. The van der Waals surface area contributed by atoms with E-state index >= 15 is 0 Å². The first kappa shape index (κ1) is 15.3. The Hall–Kier alpha value is -1.75. The molecule has 0 spiro atoms. The van der Waals surface area contributed by atoms with E-state index in [4.69, 9.17) is 19.9 Å². The van der Waals surface area contributed by atoms with Crippen LogP contribution in [0, 0.1) is 0 Å². The molecule has 0 aromatic heterocycles. The molecule has 0 heterocycles. The Labute approximate surface area is 113 Å². The summed E-state index contributed by atoms with van der Waals surface area (Å²) in [6, 6.07) is 5.28. The van der Waals surface area contributed by atoms with Gasteiger partial charge in [0.2, 0.25) is 0 Å². The third kappa shape index (κ3) is 3.86. The Kier molecular flexibility index (Phi) is 5.63. The normalized spacial score (nSPS) is 13.5. The molecule has 2 atom stereocenters. The Morgan fingerprint density at radius 2 is 1.95 bits per heavy atom. The van der Waals surface area contributed by atoms with Gasteiger partial charge in [0.25, 0.3) is 0 Å². The van der Waals surface area contributed by atoms with Crippen LogP contribution in [-0.2, 0) is 9.53 Å². The smallest absolute Gasteiger partial charge is 0.306 e. The molecule has 0 aliphatic carbocycles. The lowest BCUT2D eigenvalue weighted by Crippen LogP contribution is -2.27. The minimum Gasteiger partial charge on any atom is -0.497 e. The number of rotatable bonds is 6. The first-order valence-electron chi connectivity index (χ1n) is 6.07. The summed E-state index contributed by atoms with van der Waals surface area (Å²) in [4.78, 5) is 11.5. The van der Waals surface area contributed by atoms with E-state index < -0.39 is 0 Å². The number of hydrogen-bond donors (Lipinski definition) is 1. The fourth-order valence-corrected chi connectivity index (χ4v) is 1.97. The topological polar surface area (TPSA) is 70.8 Å². The zero-order chi connectivity index (χ0) is 14.4. The fraction of sp³-hybridized carbons (Fsp3) is 0.500. The summed E-state index contributed by atoms with van der Waals surface area (Å²) in [6.45, 7) is 1.86. The van der Waals surface area contributed by atoms with E-state index in [0.717, 1.165) is 5.56 Å². The first-order chi connectivity index (χ1) is 9.03. The quantitative estimate of drug-likeness (QED) is 0.794. The number of hydrogen-bond acceptors (Lipinski definition) is 5. The second-order valence-electron chi connectivity index (χ2n) is 4.35. The van der Waals surface area contributed by atoms with E-state index in [0.29, 0.717) is 11.5 Å². The summed E-state index contributed by atoms with van der Waals surface area (Å²) in [5, 5.41) is 0. The highest BCUT2D eigenvalue weighted by Crippen LogP contribution is 2.34. The third-order valence-electron chi connectivity index (χ3n) is 3.09. The lowest BCUT2D eigenvalue weighted by molar-refractivity contribution is -0.141. The standard InChI is InChI=1S/C14H21NO4/c1-9(15)12(8-14(16)19-4)11-6-5-10(17-2)7-13(11)18-3/h5-7,9,12H,8,15H2,1-4H3. The second kappa shape index (κ2) is 6.99. The van der Waals surface area contributed by atoms with Crippen molar-refractivity contribution in [3.8, 4) is 11.5 Å². The van der Waals surface area contributed by atoms with E-state index in [-0.39, 0.29) is 24.3 Å². The third-order valence-corrected chi connectivity index (χ3v) is 3.09. The number of carbonyl (C=O) groups excluding carboxylic acids is 1. The van der Waals surface area contributed by atoms with Crippen LogP contribution in [0.3, 0.4) is 0 Å². The maximum atomic E-state index is 11.5. The lowest BCUT2D eigenvalue weighted by Gasteiger charge is -2.22. The van der Waals surface area contributed by atoms with Gasteiger partial charge in [0.05, 0.1) is 27.8 Å². The van der Waals surface area contributed by atoms with E-state index in [2.05, 4.69) is 0 Å². The highest BCUT2D eigenvalue weighted by Gasteiger charge is 2.24. The first-order valence-corrected chi connectivity index (χ1v) is 6.07. The summed E-state index contributed by atoms with van der Waals surface area (Å²) in [5.41, 5.74) is 6.85. The van der Waals surface area contributed by atoms with Crippen LogP contribution in [-0.4, -0.2) is 33.3 Å². The number of ether oxygens (including phenoxy) is 3. The van der Waals surface area contributed by atoms with Crippen LogP contribution in [0.25, 0.3) is 0 Å². The minimum atomic E-state index is -0.292. The van der Waals surface area contributed by atoms with Gasteiger partial charge in [-0.05, 0) is 18.6 Å². The monoisotopic (exact) mass is 267 g/mol. The van der Waals surface area contributed by atoms with Crippen LogP contribution >= 0.6 is 0 Å². The van der Waals surface area contributed by atoms with Gasteiger partial charge in [-0.15, -0.1) is 0 Å². The van der Waals surface area contributed by atoms with Crippen LogP contribution in [0.1, 0.15) is 24.8 Å². The van der Waals surface area contributed by atoms with Crippen LogP contribution in [0.4, 0.5) is 0 Å². The van der Waals surface area contributed by atoms with Gasteiger partial charge >= 0.3 is 5.97 Å². The molecular weight excluding hydrogens is 246 g/mol. The molecule has 2 N–H and O–H groups in total. The molecule has 5 heteroatoms. The van der Waals surface area contributed by atoms with Gasteiger partial charge in [-0.25, -0.2) is 0 Å². The zero-order valence-corrected chi connectivity index (χ0v) is 11.8. The van der Waals surface area contributed by atoms with Crippen molar-refractivity contribution in [2.75, 3.05) is 21.3 Å². The van der Waals surface area contributed by atoms with Crippen molar-refractivity contribution in [1.29, 1.82) is 0 Å². The summed E-state index contributed by atoms with van der Waals surface area (Å²) in [6.07, 6.45) is 0.219. The van der Waals surface area contributed by atoms with Gasteiger partial charge in [0, 0.05) is 18.0 Å². The van der Waals surface area contributed by atoms with Crippen LogP contribution < -0.4 is 15.2 Å². The average molecular weight is 267 g/mol. The van der Waals surface area contributed by atoms with E-state index in [1.807, 2.05) is 19.1 Å². The van der Waals surface area contributed by atoms with Gasteiger partial charge in [0.1, 0.15) is 11.5 Å². The highest BCUT2D eigenvalue weighted by molar-refractivity contribution is 5.71. The molecule has 0 saturated carbocycles.